The second kappa shape index (κ2) is 13.6. The molecular formula is C39H42Cl2N6O6. The molecule has 0 saturated carbocycles. The van der Waals surface area contributed by atoms with Gasteiger partial charge in [0.05, 0.1) is 28.5 Å². The average molecular weight is 762 g/mol. The van der Waals surface area contributed by atoms with Crippen molar-refractivity contribution >= 4 is 40.9 Å². The Morgan fingerprint density at radius 2 is 1.66 bits per heavy atom. The van der Waals surface area contributed by atoms with Crippen LogP contribution in [0.4, 0.5) is 10.5 Å². The number of rotatable bonds is 6. The zero-order valence-corrected chi connectivity index (χ0v) is 32.1. The molecule has 1 unspecified atom stereocenters. The van der Waals surface area contributed by atoms with Gasteiger partial charge in [0.15, 0.2) is 0 Å². The van der Waals surface area contributed by atoms with E-state index < -0.39 is 22.8 Å². The quantitative estimate of drug-likeness (QED) is 0.242. The standard InChI is InChI=1S/C39H42Cl2N6O6/c1-38(2,3)53-37(51)47-20-39(21-47)15-16-46(19-39)29-14-13-22-17-28(43-34(52-6)30(22)29)25-11-7-9-23(31(25)40)24-10-8-12-27(32(24)41)42-33(48)26-18-44(4)36(50)45(5)35(26)49/h7-12,17-18,29H,13-16,19-21H2,1-6H3,(H,42,48). The van der Waals surface area contributed by atoms with Gasteiger partial charge in [-0.1, -0.05) is 53.5 Å². The summed E-state index contributed by atoms with van der Waals surface area (Å²) in [5.41, 5.74) is 3.21. The van der Waals surface area contributed by atoms with Crippen molar-refractivity contribution in [2.24, 2.45) is 19.5 Å². The van der Waals surface area contributed by atoms with Crippen LogP contribution in [0.15, 0.2) is 58.3 Å². The number of ether oxygens (including phenoxy) is 2. The minimum absolute atomic E-state index is 0.0774. The molecule has 1 aliphatic carbocycles. The van der Waals surface area contributed by atoms with E-state index in [1.807, 2.05) is 43.9 Å². The molecule has 2 saturated heterocycles. The molecule has 53 heavy (non-hydrogen) atoms. The van der Waals surface area contributed by atoms with Crippen molar-refractivity contribution in [2.45, 2.75) is 51.7 Å². The van der Waals surface area contributed by atoms with E-state index in [4.69, 9.17) is 37.7 Å². The number of carbonyl (C=O) groups is 2. The number of aryl methyl sites for hydroxylation is 2. The minimum Gasteiger partial charge on any atom is -0.481 e. The number of hydrogen-bond donors (Lipinski definition) is 1. The number of halogens is 2. The molecule has 12 nitrogen and oxygen atoms in total. The molecule has 7 rings (SSSR count). The number of anilines is 1. The molecule has 4 heterocycles. The van der Waals surface area contributed by atoms with Crippen LogP contribution in [0.1, 0.15) is 61.1 Å². The zero-order valence-electron chi connectivity index (χ0n) is 30.6. The van der Waals surface area contributed by atoms with E-state index in [0.717, 1.165) is 48.0 Å². The van der Waals surface area contributed by atoms with Gasteiger partial charge in [0.2, 0.25) is 5.88 Å². The largest absolute Gasteiger partial charge is 0.481 e. The SMILES string of the molecule is COc1nc(-c2cccc(-c3cccc(NC(=O)c4cn(C)c(=O)n(C)c4=O)c3Cl)c2Cl)cc2c1C(N1CCC3(CN(C(=O)OC(C)(C)C)C3)C1)CC2. The topological polar surface area (TPSA) is 128 Å². The Bertz CT molecular complexity index is 2270. The number of likely N-dealkylation sites (tertiary alicyclic amines) is 2. The zero-order chi connectivity index (χ0) is 38.0. The lowest BCUT2D eigenvalue weighted by Crippen LogP contribution is -2.60. The van der Waals surface area contributed by atoms with Crippen LogP contribution in [0.25, 0.3) is 22.4 Å². The molecule has 0 bridgehead atoms. The van der Waals surface area contributed by atoms with E-state index in [1.54, 1.807) is 25.3 Å². The molecule has 1 spiro atoms. The second-order valence-electron chi connectivity index (χ2n) is 15.3. The maximum atomic E-state index is 13.2. The predicted molar refractivity (Wildman–Crippen MR) is 204 cm³/mol. The molecule has 2 aliphatic heterocycles. The first-order chi connectivity index (χ1) is 25.1. The van der Waals surface area contributed by atoms with Gasteiger partial charge in [-0.05, 0) is 64.3 Å². The van der Waals surface area contributed by atoms with Crippen molar-refractivity contribution in [3.05, 3.63) is 96.2 Å². The van der Waals surface area contributed by atoms with Crippen molar-refractivity contribution in [1.82, 2.24) is 23.9 Å². The van der Waals surface area contributed by atoms with E-state index in [2.05, 4.69) is 16.3 Å². The minimum atomic E-state index is -0.716. The summed E-state index contributed by atoms with van der Waals surface area (Å²) in [5, 5.41) is 3.37. The third kappa shape index (κ3) is 6.72. The van der Waals surface area contributed by atoms with Gasteiger partial charge in [-0.15, -0.1) is 0 Å². The van der Waals surface area contributed by atoms with Gasteiger partial charge >= 0.3 is 11.8 Å². The lowest BCUT2D eigenvalue weighted by atomic mass is 9.79. The Morgan fingerprint density at radius 3 is 2.36 bits per heavy atom. The molecule has 1 atom stereocenters. The van der Waals surface area contributed by atoms with Crippen LogP contribution < -0.4 is 21.3 Å². The first-order valence-electron chi connectivity index (χ1n) is 17.6. The van der Waals surface area contributed by atoms with E-state index in [9.17, 15) is 19.2 Å². The number of pyridine rings is 1. The van der Waals surface area contributed by atoms with Gasteiger partial charge in [-0.3, -0.25) is 19.1 Å². The smallest absolute Gasteiger partial charge is 0.410 e. The van der Waals surface area contributed by atoms with Crippen molar-refractivity contribution < 1.29 is 19.1 Å². The number of carbonyl (C=O) groups excluding carboxylic acids is 2. The summed E-state index contributed by atoms with van der Waals surface area (Å²) in [6, 6.07) is 13.0. The third-order valence-corrected chi connectivity index (χ3v) is 11.3. The fourth-order valence-electron chi connectivity index (χ4n) is 7.88. The van der Waals surface area contributed by atoms with Crippen LogP contribution >= 0.6 is 23.2 Å². The molecule has 14 heteroatoms. The fraction of sp³-hybridized carbons (Fsp3) is 0.410. The number of nitrogens with zero attached hydrogens (tertiary/aromatic N) is 5. The predicted octanol–water partition coefficient (Wildman–Crippen LogP) is 6.31. The number of aromatic nitrogens is 3. The molecule has 0 radical (unpaired) electrons. The molecule has 2 aromatic heterocycles. The molecule has 1 N–H and O–H groups in total. The highest BCUT2D eigenvalue weighted by Gasteiger charge is 2.52. The summed E-state index contributed by atoms with van der Waals surface area (Å²) >= 11 is 14.0. The highest BCUT2D eigenvalue weighted by Crippen LogP contribution is 2.49. The van der Waals surface area contributed by atoms with Crippen LogP contribution in [-0.4, -0.2) is 74.8 Å². The molecule has 3 aliphatic rings. The molecule has 4 aromatic rings. The summed E-state index contributed by atoms with van der Waals surface area (Å²) in [5.74, 6) is -0.133. The average Bonchev–Trinajstić information content (AvgIpc) is 3.73. The normalized spacial score (nSPS) is 17.8. The lowest BCUT2D eigenvalue weighted by Gasteiger charge is -2.48. The molecule has 278 valence electrons. The van der Waals surface area contributed by atoms with Crippen molar-refractivity contribution in [1.29, 1.82) is 0 Å². The van der Waals surface area contributed by atoms with Crippen molar-refractivity contribution in [3.8, 4) is 28.3 Å². The molecule has 2 aromatic carbocycles. The summed E-state index contributed by atoms with van der Waals surface area (Å²) in [6.45, 7) is 8.90. The Kier molecular flexibility index (Phi) is 9.45. The van der Waals surface area contributed by atoms with Crippen LogP contribution in [-0.2, 0) is 25.3 Å². The van der Waals surface area contributed by atoms with Crippen LogP contribution in [0.3, 0.4) is 0 Å². The van der Waals surface area contributed by atoms with E-state index in [0.29, 0.717) is 46.4 Å². The number of methoxy groups -OCH3 is 1. The Balaban J connectivity index is 1.12. The molecular weight excluding hydrogens is 719 g/mol. The first kappa shape index (κ1) is 36.7. The van der Waals surface area contributed by atoms with Gasteiger partial charge in [-0.2, -0.15) is 0 Å². The van der Waals surface area contributed by atoms with Gasteiger partial charge in [0, 0.05) is 73.6 Å². The van der Waals surface area contributed by atoms with E-state index in [1.165, 1.54) is 24.9 Å². The van der Waals surface area contributed by atoms with Crippen LogP contribution in [0.5, 0.6) is 5.88 Å². The van der Waals surface area contributed by atoms with Gasteiger partial charge in [0.25, 0.3) is 11.5 Å². The monoisotopic (exact) mass is 760 g/mol. The molecule has 2 fully saturated rings. The second-order valence-corrected chi connectivity index (χ2v) is 16.0. The summed E-state index contributed by atoms with van der Waals surface area (Å²) in [4.78, 5) is 59.9. The highest BCUT2D eigenvalue weighted by molar-refractivity contribution is 6.39. The van der Waals surface area contributed by atoms with Crippen LogP contribution in [0.2, 0.25) is 10.0 Å². The van der Waals surface area contributed by atoms with Crippen molar-refractivity contribution in [2.75, 3.05) is 38.6 Å². The van der Waals surface area contributed by atoms with Crippen LogP contribution in [0, 0.1) is 5.41 Å². The van der Waals surface area contributed by atoms with E-state index in [-0.39, 0.29) is 33.8 Å². The fourth-order valence-corrected chi connectivity index (χ4v) is 8.48. The maximum absolute atomic E-state index is 13.2. The Hall–Kier alpha value is -4.65. The third-order valence-electron chi connectivity index (χ3n) is 10.4. The Morgan fingerprint density at radius 1 is 0.981 bits per heavy atom. The van der Waals surface area contributed by atoms with Crippen molar-refractivity contribution in [3.63, 3.8) is 0 Å². The first-order valence-corrected chi connectivity index (χ1v) is 18.3. The summed E-state index contributed by atoms with van der Waals surface area (Å²) in [7, 11) is 4.42. The van der Waals surface area contributed by atoms with E-state index >= 15 is 0 Å². The number of hydrogen-bond acceptors (Lipinski definition) is 8. The maximum Gasteiger partial charge on any atom is 0.410 e. The number of fused-ring (bicyclic) bond motifs is 1. The Labute approximate surface area is 317 Å². The highest BCUT2D eigenvalue weighted by atomic mass is 35.5. The number of benzene rings is 2. The lowest BCUT2D eigenvalue weighted by molar-refractivity contribution is -0.0317. The number of amides is 2. The van der Waals surface area contributed by atoms with Gasteiger partial charge in [0.1, 0.15) is 11.2 Å². The summed E-state index contributed by atoms with van der Waals surface area (Å²) < 4.78 is 13.6. The molecule has 2 amide bonds. The van der Waals surface area contributed by atoms with Gasteiger partial charge in [-0.25, -0.2) is 14.6 Å². The van der Waals surface area contributed by atoms with Gasteiger partial charge < -0.3 is 24.3 Å². The number of nitrogens with one attached hydrogen (secondary N) is 1. The summed E-state index contributed by atoms with van der Waals surface area (Å²) in [6.07, 6.45) is 3.78.